The first-order chi connectivity index (χ1) is 12.8. The molecule has 2 aromatic carbocycles. The van der Waals surface area contributed by atoms with Crippen molar-refractivity contribution < 1.29 is 17.9 Å². The molecule has 0 aliphatic carbocycles. The average Bonchev–Trinajstić information content (AvgIpc) is 2.60. The molecular weight excluding hydrogens is 388 g/mol. The number of ether oxygens (including phenoxy) is 1. The van der Waals surface area contributed by atoms with Crippen LogP contribution in [0.3, 0.4) is 0 Å². The van der Waals surface area contributed by atoms with E-state index in [1.807, 2.05) is 6.07 Å². The Hall–Kier alpha value is -2.19. The Kier molecular flexibility index (Phi) is 7.55. The third kappa shape index (κ3) is 6.80. The van der Waals surface area contributed by atoms with Crippen molar-refractivity contribution in [3.05, 3.63) is 65.2 Å². The predicted molar refractivity (Wildman–Crippen MR) is 107 cm³/mol. The van der Waals surface area contributed by atoms with Gasteiger partial charge in [0.2, 0.25) is 15.9 Å². The third-order valence-electron chi connectivity index (χ3n) is 3.48. The monoisotopic (exact) mass is 408 g/mol. The number of nitrogens with one attached hydrogen (secondary N) is 2. The van der Waals surface area contributed by atoms with Crippen LogP contribution in [-0.2, 0) is 19.6 Å². The van der Waals surface area contributed by atoms with Gasteiger partial charge in [0, 0.05) is 29.9 Å². The first-order valence-electron chi connectivity index (χ1n) is 8.16. The highest BCUT2D eigenvalue weighted by Crippen LogP contribution is 2.15. The number of rotatable bonds is 8. The number of carbonyl (C=O) groups is 1. The number of benzene rings is 2. The molecule has 1 atom stereocenters. The number of hydrogen-bond acceptors (Lipinski definition) is 4. The Bertz CT molecular complexity index is 912. The zero-order valence-electron chi connectivity index (χ0n) is 15.0. The number of anilines is 1. The van der Waals surface area contributed by atoms with Gasteiger partial charge >= 0.3 is 0 Å². The SMILES string of the molecule is COCC(C)NS(=O)(=O)c1ccc(NC(=O)/C=C/c2cccc(Cl)c2)cc1. The summed E-state index contributed by atoms with van der Waals surface area (Å²) < 4.78 is 32.0. The summed E-state index contributed by atoms with van der Waals surface area (Å²) in [5.41, 5.74) is 1.29. The number of hydrogen-bond donors (Lipinski definition) is 2. The van der Waals surface area contributed by atoms with Gasteiger partial charge in [-0.15, -0.1) is 0 Å². The Balaban J connectivity index is 1.99. The Morgan fingerprint density at radius 2 is 1.93 bits per heavy atom. The van der Waals surface area contributed by atoms with Gasteiger partial charge in [0.1, 0.15) is 0 Å². The van der Waals surface area contributed by atoms with E-state index >= 15 is 0 Å². The minimum absolute atomic E-state index is 0.109. The van der Waals surface area contributed by atoms with Crippen LogP contribution in [0.5, 0.6) is 0 Å². The summed E-state index contributed by atoms with van der Waals surface area (Å²) in [5.74, 6) is -0.336. The Morgan fingerprint density at radius 3 is 2.56 bits per heavy atom. The van der Waals surface area contributed by atoms with E-state index in [0.717, 1.165) is 5.56 Å². The van der Waals surface area contributed by atoms with Crippen LogP contribution >= 0.6 is 11.6 Å². The zero-order valence-corrected chi connectivity index (χ0v) is 16.5. The van der Waals surface area contributed by atoms with Crippen molar-refractivity contribution >= 4 is 39.3 Å². The maximum atomic E-state index is 12.3. The molecule has 2 N–H and O–H groups in total. The molecule has 1 unspecified atom stereocenters. The standard InChI is InChI=1S/C19H21ClN2O4S/c1-14(13-26-2)22-27(24,25)18-9-7-17(8-10-18)21-19(23)11-6-15-4-3-5-16(20)12-15/h3-12,14,22H,13H2,1-2H3,(H,21,23)/b11-6+. The van der Waals surface area contributed by atoms with E-state index in [4.69, 9.17) is 16.3 Å². The molecule has 0 spiro atoms. The van der Waals surface area contributed by atoms with Crippen LogP contribution in [0.4, 0.5) is 5.69 Å². The maximum absolute atomic E-state index is 12.3. The van der Waals surface area contributed by atoms with Crippen LogP contribution in [0, 0.1) is 0 Å². The van der Waals surface area contributed by atoms with Gasteiger partial charge in [-0.3, -0.25) is 4.79 Å². The van der Waals surface area contributed by atoms with Crippen LogP contribution in [0.25, 0.3) is 6.08 Å². The zero-order chi connectivity index (χ0) is 19.9. The summed E-state index contributed by atoms with van der Waals surface area (Å²) in [6, 6.07) is 12.7. The van der Waals surface area contributed by atoms with Gasteiger partial charge in [-0.05, 0) is 55.0 Å². The summed E-state index contributed by atoms with van der Waals surface area (Å²) in [5, 5.41) is 3.26. The average molecular weight is 409 g/mol. The number of carbonyl (C=O) groups excluding carboxylic acids is 1. The summed E-state index contributed by atoms with van der Waals surface area (Å²) >= 11 is 5.89. The smallest absolute Gasteiger partial charge is 0.248 e. The normalized spacial score (nSPS) is 12.9. The molecule has 2 aromatic rings. The molecule has 0 heterocycles. The number of halogens is 1. The van der Waals surface area contributed by atoms with Gasteiger partial charge in [0.15, 0.2) is 0 Å². The fraction of sp³-hybridized carbons (Fsp3) is 0.211. The van der Waals surface area contributed by atoms with Gasteiger partial charge in [0.25, 0.3) is 0 Å². The lowest BCUT2D eigenvalue weighted by atomic mass is 10.2. The van der Waals surface area contributed by atoms with E-state index in [2.05, 4.69) is 10.0 Å². The molecule has 27 heavy (non-hydrogen) atoms. The van der Waals surface area contributed by atoms with E-state index in [0.29, 0.717) is 10.7 Å². The fourth-order valence-electron chi connectivity index (χ4n) is 2.30. The highest BCUT2D eigenvalue weighted by atomic mass is 35.5. The molecule has 8 heteroatoms. The highest BCUT2D eigenvalue weighted by Gasteiger charge is 2.17. The van der Waals surface area contributed by atoms with Crippen molar-refractivity contribution in [3.63, 3.8) is 0 Å². The van der Waals surface area contributed by atoms with Gasteiger partial charge < -0.3 is 10.1 Å². The Morgan fingerprint density at radius 1 is 1.22 bits per heavy atom. The van der Waals surface area contributed by atoms with E-state index in [1.54, 1.807) is 31.2 Å². The third-order valence-corrected chi connectivity index (χ3v) is 5.32. The molecule has 0 saturated heterocycles. The number of sulfonamides is 1. The summed E-state index contributed by atoms with van der Waals surface area (Å²) in [6.45, 7) is 1.98. The molecule has 2 rings (SSSR count). The molecule has 0 saturated carbocycles. The molecule has 0 bridgehead atoms. The first-order valence-corrected chi connectivity index (χ1v) is 10.0. The van der Waals surface area contributed by atoms with Gasteiger partial charge in [-0.2, -0.15) is 0 Å². The highest BCUT2D eigenvalue weighted by molar-refractivity contribution is 7.89. The van der Waals surface area contributed by atoms with Crippen molar-refractivity contribution in [1.29, 1.82) is 0 Å². The van der Waals surface area contributed by atoms with Crippen LogP contribution in [-0.4, -0.2) is 34.1 Å². The molecule has 6 nitrogen and oxygen atoms in total. The lowest BCUT2D eigenvalue weighted by molar-refractivity contribution is -0.111. The minimum Gasteiger partial charge on any atom is -0.383 e. The van der Waals surface area contributed by atoms with Crippen LogP contribution in [0.1, 0.15) is 12.5 Å². The van der Waals surface area contributed by atoms with Gasteiger partial charge in [0.05, 0.1) is 11.5 Å². The largest absolute Gasteiger partial charge is 0.383 e. The van der Waals surface area contributed by atoms with Crippen molar-refractivity contribution in [2.45, 2.75) is 17.9 Å². The van der Waals surface area contributed by atoms with Crippen molar-refractivity contribution in [3.8, 4) is 0 Å². The summed E-state index contributed by atoms with van der Waals surface area (Å²) in [6.07, 6.45) is 3.02. The minimum atomic E-state index is -3.65. The van der Waals surface area contributed by atoms with Crippen LogP contribution in [0.2, 0.25) is 5.02 Å². The second kappa shape index (κ2) is 9.66. The second-order valence-electron chi connectivity index (χ2n) is 5.88. The van der Waals surface area contributed by atoms with E-state index in [1.165, 1.54) is 37.5 Å². The quantitative estimate of drug-likeness (QED) is 0.656. The summed E-state index contributed by atoms with van der Waals surface area (Å²) in [4.78, 5) is 12.1. The molecule has 0 aliphatic rings. The molecule has 144 valence electrons. The number of amides is 1. The lowest BCUT2D eigenvalue weighted by Gasteiger charge is -2.13. The maximum Gasteiger partial charge on any atom is 0.248 e. The van der Waals surface area contributed by atoms with E-state index in [-0.39, 0.29) is 23.5 Å². The number of methoxy groups -OCH3 is 1. The lowest BCUT2D eigenvalue weighted by Crippen LogP contribution is -2.35. The van der Waals surface area contributed by atoms with Crippen molar-refractivity contribution in [1.82, 2.24) is 4.72 Å². The predicted octanol–water partition coefficient (Wildman–Crippen LogP) is 3.31. The second-order valence-corrected chi connectivity index (χ2v) is 8.03. The van der Waals surface area contributed by atoms with Crippen molar-refractivity contribution in [2.75, 3.05) is 19.0 Å². The van der Waals surface area contributed by atoms with E-state index < -0.39 is 10.0 Å². The molecule has 0 aliphatic heterocycles. The van der Waals surface area contributed by atoms with Crippen molar-refractivity contribution in [2.24, 2.45) is 0 Å². The molecule has 0 aromatic heterocycles. The summed E-state index contributed by atoms with van der Waals surface area (Å²) in [7, 11) is -2.14. The van der Waals surface area contributed by atoms with Crippen LogP contribution in [0.15, 0.2) is 59.5 Å². The first kappa shape index (κ1) is 21.1. The molecular formula is C19H21ClN2O4S. The van der Waals surface area contributed by atoms with Gasteiger partial charge in [-0.1, -0.05) is 23.7 Å². The van der Waals surface area contributed by atoms with Gasteiger partial charge in [-0.25, -0.2) is 13.1 Å². The topological polar surface area (TPSA) is 84.5 Å². The molecule has 0 fully saturated rings. The molecule has 1 amide bonds. The fourth-order valence-corrected chi connectivity index (χ4v) is 3.73. The van der Waals surface area contributed by atoms with E-state index in [9.17, 15) is 13.2 Å². The van der Waals surface area contributed by atoms with Crippen LogP contribution < -0.4 is 10.0 Å². The Labute approximate surface area is 164 Å². The molecule has 0 radical (unpaired) electrons.